The van der Waals surface area contributed by atoms with Gasteiger partial charge in [0.15, 0.2) is 16.6 Å². The second-order valence-electron chi connectivity index (χ2n) is 11.6. The van der Waals surface area contributed by atoms with E-state index in [1.165, 1.54) is 27.8 Å². The summed E-state index contributed by atoms with van der Waals surface area (Å²) in [5, 5.41) is -0.0636. The maximum absolute atomic E-state index is 10.7. The van der Waals surface area contributed by atoms with E-state index in [0.717, 1.165) is 25.7 Å². The Labute approximate surface area is 193 Å². The molecule has 0 fully saturated rings. The highest BCUT2D eigenvalue weighted by Gasteiger charge is 2.38. The Bertz CT molecular complexity index is 887. The third-order valence-corrected chi connectivity index (χ3v) is 14.8. The van der Waals surface area contributed by atoms with Crippen LogP contribution in [0.4, 0.5) is 0 Å². The lowest BCUT2D eigenvalue weighted by Crippen LogP contribution is -2.40. The van der Waals surface area contributed by atoms with Crippen LogP contribution >= 0.6 is 0 Å². The van der Waals surface area contributed by atoms with Crippen molar-refractivity contribution in [2.45, 2.75) is 96.6 Å². The van der Waals surface area contributed by atoms with E-state index in [9.17, 15) is 9.59 Å². The minimum Gasteiger partial charge on any atom is -0.432 e. The summed E-state index contributed by atoms with van der Waals surface area (Å²) in [6.45, 7) is 19.2. The van der Waals surface area contributed by atoms with Gasteiger partial charge in [0.1, 0.15) is 0 Å². The van der Waals surface area contributed by atoms with Crippen LogP contribution in [-0.2, 0) is 19.3 Å². The van der Waals surface area contributed by atoms with E-state index < -0.39 is 16.6 Å². The maximum Gasteiger partial charge on any atom is 0.188 e. The highest BCUT2D eigenvalue weighted by atomic mass is 28.4. The molecule has 2 aromatic rings. The molecule has 0 bridgehead atoms. The van der Waals surface area contributed by atoms with Gasteiger partial charge in [0, 0.05) is 0 Å². The molecule has 31 heavy (non-hydrogen) atoms. The van der Waals surface area contributed by atoms with Crippen molar-refractivity contribution in [2.75, 3.05) is 0 Å². The molecule has 0 radical (unpaired) electrons. The van der Waals surface area contributed by atoms with E-state index in [0.29, 0.717) is 0 Å². The zero-order valence-electron chi connectivity index (χ0n) is 21.3. The van der Waals surface area contributed by atoms with E-state index in [2.05, 4.69) is 77.1 Å². The van der Waals surface area contributed by atoms with Gasteiger partial charge in [0.2, 0.25) is 0 Å². The summed E-state index contributed by atoms with van der Waals surface area (Å²) >= 11 is 0. The van der Waals surface area contributed by atoms with Crippen molar-refractivity contribution in [3.05, 3.63) is 59.2 Å². The molecule has 0 aliphatic heterocycles. The van der Waals surface area contributed by atoms with Crippen LogP contribution < -0.4 is 0 Å². The molecule has 0 heterocycles. The molecule has 0 amide bonds. The fraction of sp³-hybridized carbons (Fsp3) is 0.556. The van der Waals surface area contributed by atoms with Gasteiger partial charge in [-0.2, -0.15) is 0 Å². The molecule has 0 aliphatic rings. The van der Waals surface area contributed by atoms with Crippen molar-refractivity contribution < 1.29 is 9.59 Å². The third kappa shape index (κ3) is 6.41. The number of hydrogen-bond donors (Lipinski definition) is 2. The Morgan fingerprint density at radius 2 is 1.39 bits per heavy atom. The second-order valence-corrected chi connectivity index (χ2v) is 20.6. The van der Waals surface area contributed by atoms with E-state index >= 15 is 0 Å². The summed E-state index contributed by atoms with van der Waals surface area (Å²) in [6.07, 6.45) is 3.89. The standard InChI is InChI=1S/C27H44O2Si2/c1-10-23-19-22(20-27(4,5)31(8,9)29)14-15-25(23)24-13-11-12-21(18-24)16-17-26(2,3)30(6,7)28/h11-15,18-19,28-29H,10,16-17,20H2,1-9H3. The summed E-state index contributed by atoms with van der Waals surface area (Å²) in [5.41, 5.74) is 6.60. The Morgan fingerprint density at radius 3 is 1.94 bits per heavy atom. The zero-order chi connectivity index (χ0) is 23.7. The largest absolute Gasteiger partial charge is 0.432 e. The monoisotopic (exact) mass is 456 g/mol. The van der Waals surface area contributed by atoms with Gasteiger partial charge < -0.3 is 9.59 Å². The summed E-state index contributed by atoms with van der Waals surface area (Å²) in [4.78, 5) is 21.3. The molecule has 0 atom stereocenters. The van der Waals surface area contributed by atoms with E-state index in [1.807, 2.05) is 26.2 Å². The Hall–Kier alpha value is -1.21. The Kier molecular flexibility index (Phi) is 7.85. The molecular formula is C27H44O2Si2. The quantitative estimate of drug-likeness (QED) is 0.387. The highest BCUT2D eigenvalue weighted by Crippen LogP contribution is 2.41. The van der Waals surface area contributed by atoms with Gasteiger partial charge in [0.25, 0.3) is 0 Å². The second kappa shape index (κ2) is 9.34. The van der Waals surface area contributed by atoms with Gasteiger partial charge in [-0.25, -0.2) is 0 Å². The third-order valence-electron chi connectivity index (χ3n) is 7.79. The van der Waals surface area contributed by atoms with Crippen LogP contribution in [-0.4, -0.2) is 26.2 Å². The molecule has 4 heteroatoms. The molecule has 0 aliphatic carbocycles. The molecule has 172 valence electrons. The molecule has 0 unspecified atom stereocenters. The lowest BCUT2D eigenvalue weighted by atomic mass is 9.91. The molecule has 2 aromatic carbocycles. The van der Waals surface area contributed by atoms with Crippen LogP contribution in [0.25, 0.3) is 11.1 Å². The first kappa shape index (κ1) is 26.0. The summed E-state index contributed by atoms with van der Waals surface area (Å²) in [7, 11) is -4.42. The zero-order valence-corrected chi connectivity index (χ0v) is 23.3. The lowest BCUT2D eigenvalue weighted by Gasteiger charge is -2.35. The summed E-state index contributed by atoms with van der Waals surface area (Å²) < 4.78 is 0. The molecule has 2 rings (SSSR count). The normalized spacial score (nSPS) is 13.5. The average Bonchev–Trinajstić information content (AvgIpc) is 2.64. The fourth-order valence-electron chi connectivity index (χ4n) is 3.71. The number of rotatable bonds is 9. The fourth-order valence-corrected chi connectivity index (χ4v) is 5.09. The van der Waals surface area contributed by atoms with Crippen molar-refractivity contribution in [1.82, 2.24) is 0 Å². The topological polar surface area (TPSA) is 40.5 Å². The lowest BCUT2D eigenvalue weighted by molar-refractivity contribution is 0.451. The van der Waals surface area contributed by atoms with Crippen LogP contribution in [0.3, 0.4) is 0 Å². The van der Waals surface area contributed by atoms with E-state index in [-0.39, 0.29) is 10.1 Å². The minimum atomic E-state index is -2.23. The van der Waals surface area contributed by atoms with Gasteiger partial charge in [-0.1, -0.05) is 77.1 Å². The van der Waals surface area contributed by atoms with Gasteiger partial charge in [0.05, 0.1) is 0 Å². The Morgan fingerprint density at radius 1 is 0.774 bits per heavy atom. The molecule has 0 saturated carbocycles. The SMILES string of the molecule is CCc1cc(CC(C)(C)[Si](C)(C)O)ccc1-c1cccc(CCC(C)(C)[Si](C)(C)O)c1. The van der Waals surface area contributed by atoms with Crippen molar-refractivity contribution >= 4 is 16.6 Å². The van der Waals surface area contributed by atoms with Crippen LogP contribution in [0.1, 0.15) is 57.7 Å². The molecule has 2 N–H and O–H groups in total. The molecule has 0 aromatic heterocycles. The van der Waals surface area contributed by atoms with E-state index in [4.69, 9.17) is 0 Å². The number of aryl methyl sites for hydroxylation is 2. The van der Waals surface area contributed by atoms with Crippen molar-refractivity contribution in [1.29, 1.82) is 0 Å². The first-order chi connectivity index (χ1) is 14.1. The first-order valence-electron chi connectivity index (χ1n) is 11.7. The maximum atomic E-state index is 10.7. The van der Waals surface area contributed by atoms with Crippen LogP contribution in [0.2, 0.25) is 36.3 Å². The number of hydrogen-bond acceptors (Lipinski definition) is 2. The highest BCUT2D eigenvalue weighted by molar-refractivity contribution is 6.73. The number of benzene rings is 2. The van der Waals surface area contributed by atoms with Crippen molar-refractivity contribution in [2.24, 2.45) is 0 Å². The molecule has 0 spiro atoms. The smallest absolute Gasteiger partial charge is 0.188 e. The van der Waals surface area contributed by atoms with E-state index in [1.54, 1.807) is 0 Å². The van der Waals surface area contributed by atoms with Gasteiger partial charge >= 0.3 is 0 Å². The van der Waals surface area contributed by atoms with Gasteiger partial charge in [-0.15, -0.1) is 0 Å². The average molecular weight is 457 g/mol. The predicted octanol–water partition coefficient (Wildman–Crippen LogP) is 7.35. The molecular weight excluding hydrogens is 412 g/mol. The van der Waals surface area contributed by atoms with Crippen LogP contribution in [0, 0.1) is 0 Å². The molecule has 2 nitrogen and oxygen atoms in total. The van der Waals surface area contributed by atoms with Crippen molar-refractivity contribution in [3.8, 4) is 11.1 Å². The van der Waals surface area contributed by atoms with Gasteiger partial charge in [-0.3, -0.25) is 0 Å². The van der Waals surface area contributed by atoms with Crippen LogP contribution in [0.5, 0.6) is 0 Å². The van der Waals surface area contributed by atoms with Gasteiger partial charge in [-0.05, 0) is 89.8 Å². The molecule has 0 saturated heterocycles. The van der Waals surface area contributed by atoms with Crippen LogP contribution in [0.15, 0.2) is 42.5 Å². The Balaban J connectivity index is 2.28. The summed E-state index contributed by atoms with van der Waals surface area (Å²) in [6, 6.07) is 15.8. The van der Waals surface area contributed by atoms with Crippen molar-refractivity contribution in [3.63, 3.8) is 0 Å². The predicted molar refractivity (Wildman–Crippen MR) is 141 cm³/mol. The first-order valence-corrected chi connectivity index (χ1v) is 17.6. The summed E-state index contributed by atoms with van der Waals surface area (Å²) in [5.74, 6) is 0. The minimum absolute atomic E-state index is 0.00414.